The highest BCUT2D eigenvalue weighted by Crippen LogP contribution is 2.44. The van der Waals surface area contributed by atoms with Crippen LogP contribution < -0.4 is 4.90 Å². The third-order valence-electron chi connectivity index (χ3n) is 3.97. The van der Waals surface area contributed by atoms with Gasteiger partial charge in [0.2, 0.25) is 6.41 Å². The Morgan fingerprint density at radius 1 is 1.44 bits per heavy atom. The van der Waals surface area contributed by atoms with Gasteiger partial charge in [0.1, 0.15) is 0 Å². The molecule has 0 saturated carbocycles. The van der Waals surface area contributed by atoms with Crippen molar-refractivity contribution in [2.45, 2.75) is 32.2 Å². The third-order valence-corrected chi connectivity index (χ3v) is 3.97. The number of rotatable bonds is 2. The highest BCUT2D eigenvalue weighted by molar-refractivity contribution is 5.92. The van der Waals surface area contributed by atoms with Gasteiger partial charge in [-0.25, -0.2) is 4.79 Å². The lowest BCUT2D eigenvalue weighted by molar-refractivity contribution is -0.107. The molecule has 0 bridgehead atoms. The average Bonchev–Trinajstić information content (AvgIpc) is 2.56. The summed E-state index contributed by atoms with van der Waals surface area (Å²) in [6.45, 7) is 6.15. The second-order valence-electron chi connectivity index (χ2n) is 5.13. The average molecular weight is 247 g/mol. The number of hydrogen-bond donors (Lipinski definition) is 0. The summed E-state index contributed by atoms with van der Waals surface area (Å²) in [5.74, 6) is -0.356. The zero-order valence-corrected chi connectivity index (χ0v) is 11.1. The maximum atomic E-state index is 11.6. The number of benzene rings is 1. The highest BCUT2D eigenvalue weighted by Gasteiger charge is 2.42. The smallest absolute Gasteiger partial charge is 0.337 e. The summed E-state index contributed by atoms with van der Waals surface area (Å²) in [6, 6.07) is 5.38. The summed E-state index contributed by atoms with van der Waals surface area (Å²) in [6.07, 6.45) is 0.843. The van der Waals surface area contributed by atoms with Crippen LogP contribution in [0.1, 0.15) is 36.7 Å². The van der Waals surface area contributed by atoms with E-state index in [1.54, 1.807) is 17.0 Å². The number of amides is 1. The molecule has 0 aromatic heterocycles. The van der Waals surface area contributed by atoms with Crippen molar-refractivity contribution in [2.24, 2.45) is 0 Å². The van der Waals surface area contributed by atoms with Crippen molar-refractivity contribution in [3.05, 3.63) is 29.3 Å². The lowest BCUT2D eigenvalue weighted by Crippen LogP contribution is -2.38. The largest absolute Gasteiger partial charge is 0.465 e. The fraction of sp³-hybridized carbons (Fsp3) is 0.429. The lowest BCUT2D eigenvalue weighted by Gasteiger charge is -2.27. The molecular formula is C14H17NO3. The summed E-state index contributed by atoms with van der Waals surface area (Å²) in [4.78, 5) is 24.4. The first-order valence-corrected chi connectivity index (χ1v) is 5.90. The molecule has 0 N–H and O–H groups in total. The Labute approximate surface area is 107 Å². The van der Waals surface area contributed by atoms with E-state index in [2.05, 4.69) is 13.8 Å². The molecule has 2 rings (SSSR count). The summed E-state index contributed by atoms with van der Waals surface area (Å²) in [5.41, 5.74) is 2.21. The van der Waals surface area contributed by atoms with E-state index in [0.29, 0.717) is 5.56 Å². The van der Waals surface area contributed by atoms with Crippen LogP contribution in [0.15, 0.2) is 18.2 Å². The summed E-state index contributed by atoms with van der Waals surface area (Å²) in [7, 11) is 1.36. The van der Waals surface area contributed by atoms with Crippen molar-refractivity contribution >= 4 is 18.1 Å². The maximum absolute atomic E-state index is 11.6. The molecule has 1 heterocycles. The fourth-order valence-corrected chi connectivity index (χ4v) is 2.45. The fourth-order valence-electron chi connectivity index (χ4n) is 2.45. The first-order valence-electron chi connectivity index (χ1n) is 5.90. The molecule has 1 aromatic rings. The minimum absolute atomic E-state index is 0.0675. The van der Waals surface area contributed by atoms with E-state index in [4.69, 9.17) is 4.74 Å². The van der Waals surface area contributed by atoms with Crippen LogP contribution in [0.4, 0.5) is 5.69 Å². The van der Waals surface area contributed by atoms with Crippen molar-refractivity contribution in [1.82, 2.24) is 0 Å². The van der Waals surface area contributed by atoms with Gasteiger partial charge in [-0.05, 0) is 30.7 Å². The number of carbonyl (C=O) groups is 2. The van der Waals surface area contributed by atoms with Gasteiger partial charge in [0.05, 0.1) is 12.7 Å². The molecule has 1 aliphatic heterocycles. The van der Waals surface area contributed by atoms with Crippen LogP contribution in [0.2, 0.25) is 0 Å². The SMILES string of the molecule is COC(=O)c1ccc2c(c1)C(C)(C)C(C)N2C=O. The van der Waals surface area contributed by atoms with Crippen LogP contribution in [0, 0.1) is 0 Å². The van der Waals surface area contributed by atoms with Gasteiger partial charge in [-0.2, -0.15) is 0 Å². The molecule has 0 fully saturated rings. The van der Waals surface area contributed by atoms with Crippen LogP contribution in [0.25, 0.3) is 0 Å². The van der Waals surface area contributed by atoms with Crippen molar-refractivity contribution in [1.29, 1.82) is 0 Å². The number of fused-ring (bicyclic) bond motifs is 1. The second kappa shape index (κ2) is 4.12. The quantitative estimate of drug-likeness (QED) is 0.594. The first kappa shape index (κ1) is 12.6. The Morgan fingerprint density at radius 2 is 2.11 bits per heavy atom. The molecule has 0 aliphatic carbocycles. The summed E-state index contributed by atoms with van der Waals surface area (Å²) >= 11 is 0. The van der Waals surface area contributed by atoms with Gasteiger partial charge in [-0.15, -0.1) is 0 Å². The topological polar surface area (TPSA) is 46.6 Å². The molecule has 0 saturated heterocycles. The Balaban J connectivity index is 2.57. The number of ether oxygens (including phenoxy) is 1. The van der Waals surface area contributed by atoms with Crippen molar-refractivity contribution in [2.75, 3.05) is 12.0 Å². The molecule has 1 aromatic carbocycles. The Morgan fingerprint density at radius 3 is 2.67 bits per heavy atom. The van der Waals surface area contributed by atoms with E-state index in [-0.39, 0.29) is 17.4 Å². The van der Waals surface area contributed by atoms with Crippen LogP contribution in [-0.2, 0) is 14.9 Å². The second-order valence-corrected chi connectivity index (χ2v) is 5.13. The Kier molecular flexibility index (Phi) is 2.89. The first-order chi connectivity index (χ1) is 8.43. The molecule has 0 spiro atoms. The number of hydrogen-bond acceptors (Lipinski definition) is 3. The normalized spacial score (nSPS) is 20.4. The van der Waals surface area contributed by atoms with E-state index in [9.17, 15) is 9.59 Å². The predicted molar refractivity (Wildman–Crippen MR) is 68.8 cm³/mol. The summed E-state index contributed by atoms with van der Waals surface area (Å²) in [5, 5.41) is 0. The van der Waals surface area contributed by atoms with Gasteiger partial charge >= 0.3 is 5.97 Å². The van der Waals surface area contributed by atoms with Gasteiger partial charge < -0.3 is 9.64 Å². The number of carbonyl (C=O) groups excluding carboxylic acids is 2. The van der Waals surface area contributed by atoms with E-state index in [0.717, 1.165) is 17.7 Å². The Bertz CT molecular complexity index is 508. The zero-order valence-electron chi connectivity index (χ0n) is 11.1. The monoisotopic (exact) mass is 247 g/mol. The zero-order chi connectivity index (χ0) is 13.5. The molecule has 4 heteroatoms. The molecule has 0 radical (unpaired) electrons. The van der Waals surface area contributed by atoms with Gasteiger partial charge in [-0.1, -0.05) is 13.8 Å². The standard InChI is InChI=1S/C14H17NO3/c1-9-14(2,3)11-7-10(13(17)18-4)5-6-12(11)15(9)8-16/h5-9H,1-4H3. The minimum atomic E-state index is -0.356. The van der Waals surface area contributed by atoms with E-state index < -0.39 is 0 Å². The molecule has 1 aliphatic rings. The van der Waals surface area contributed by atoms with Gasteiger partial charge in [0.25, 0.3) is 0 Å². The predicted octanol–water partition coefficient (Wildman–Crippen LogP) is 2.12. The number of anilines is 1. The number of esters is 1. The lowest BCUT2D eigenvalue weighted by atomic mass is 9.81. The van der Waals surface area contributed by atoms with E-state index in [1.807, 2.05) is 13.0 Å². The van der Waals surface area contributed by atoms with Crippen LogP contribution in [0.3, 0.4) is 0 Å². The van der Waals surface area contributed by atoms with Gasteiger partial charge in [0, 0.05) is 17.1 Å². The van der Waals surface area contributed by atoms with E-state index in [1.165, 1.54) is 7.11 Å². The third kappa shape index (κ3) is 1.60. The van der Waals surface area contributed by atoms with Crippen LogP contribution >= 0.6 is 0 Å². The summed E-state index contributed by atoms with van der Waals surface area (Å²) < 4.78 is 4.72. The molecule has 1 amide bonds. The number of nitrogens with zero attached hydrogens (tertiary/aromatic N) is 1. The molecular weight excluding hydrogens is 230 g/mol. The molecule has 1 atom stereocenters. The van der Waals surface area contributed by atoms with Crippen LogP contribution in [0.5, 0.6) is 0 Å². The van der Waals surface area contributed by atoms with Crippen LogP contribution in [-0.4, -0.2) is 25.5 Å². The number of methoxy groups -OCH3 is 1. The van der Waals surface area contributed by atoms with Crippen molar-refractivity contribution < 1.29 is 14.3 Å². The molecule has 18 heavy (non-hydrogen) atoms. The van der Waals surface area contributed by atoms with E-state index >= 15 is 0 Å². The van der Waals surface area contributed by atoms with Gasteiger partial charge in [-0.3, -0.25) is 4.79 Å². The minimum Gasteiger partial charge on any atom is -0.465 e. The van der Waals surface area contributed by atoms with Crippen molar-refractivity contribution in [3.8, 4) is 0 Å². The van der Waals surface area contributed by atoms with Gasteiger partial charge in [0.15, 0.2) is 0 Å². The maximum Gasteiger partial charge on any atom is 0.337 e. The highest BCUT2D eigenvalue weighted by atomic mass is 16.5. The van der Waals surface area contributed by atoms with Crippen molar-refractivity contribution in [3.63, 3.8) is 0 Å². The molecule has 96 valence electrons. The molecule has 4 nitrogen and oxygen atoms in total. The Hall–Kier alpha value is -1.84. The molecule has 1 unspecified atom stereocenters.